The Balaban J connectivity index is 1.74. The first kappa shape index (κ1) is 31.4. The number of anilines is 2. The maximum absolute atomic E-state index is 13.0. The van der Waals surface area contributed by atoms with Crippen LogP contribution < -0.4 is 10.6 Å². The zero-order valence-corrected chi connectivity index (χ0v) is 24.4. The lowest BCUT2D eigenvalue weighted by molar-refractivity contribution is -0.229. The zero-order valence-electron chi connectivity index (χ0n) is 24.4. The van der Waals surface area contributed by atoms with E-state index in [1.807, 2.05) is 74.5 Å². The van der Waals surface area contributed by atoms with Crippen molar-refractivity contribution in [3.63, 3.8) is 0 Å². The van der Waals surface area contributed by atoms with E-state index in [1.54, 1.807) is 5.06 Å². The number of hydrogen-bond acceptors (Lipinski definition) is 7. The zero-order chi connectivity index (χ0) is 29.0. The summed E-state index contributed by atoms with van der Waals surface area (Å²) in [6, 6.07) is 18.2. The SMILES string of the molecule is CCC1COC(C)C(CC)N(OC(=O)Nc2ccccc2)C(C)(CC)COCC1COC(=O)Nc1ccccc1. The van der Waals surface area contributed by atoms with Crippen LogP contribution in [-0.4, -0.2) is 61.4 Å². The number of para-hydroxylation sites is 2. The van der Waals surface area contributed by atoms with Crippen molar-refractivity contribution in [2.24, 2.45) is 11.8 Å². The third kappa shape index (κ3) is 8.94. The van der Waals surface area contributed by atoms with Crippen LogP contribution in [0.2, 0.25) is 0 Å². The fraction of sp³-hybridized carbons (Fsp3) is 0.548. The molecule has 1 aliphatic rings. The highest BCUT2D eigenvalue weighted by Crippen LogP contribution is 2.30. The minimum Gasteiger partial charge on any atom is -0.449 e. The Hall–Kier alpha value is -3.14. The first-order chi connectivity index (χ1) is 19.3. The average Bonchev–Trinajstić information content (AvgIpc) is 2.97. The van der Waals surface area contributed by atoms with E-state index in [9.17, 15) is 9.59 Å². The number of benzene rings is 2. The minimum absolute atomic E-state index is 0.0613. The van der Waals surface area contributed by atoms with Gasteiger partial charge in [-0.15, -0.1) is 5.06 Å². The topological polar surface area (TPSA) is 98.4 Å². The van der Waals surface area contributed by atoms with Gasteiger partial charge in [-0.2, -0.15) is 0 Å². The summed E-state index contributed by atoms with van der Waals surface area (Å²) in [6.45, 7) is 11.6. The number of rotatable bonds is 8. The van der Waals surface area contributed by atoms with Gasteiger partial charge in [0.05, 0.1) is 44.1 Å². The molecule has 220 valence electrons. The van der Waals surface area contributed by atoms with Gasteiger partial charge in [0.2, 0.25) is 0 Å². The van der Waals surface area contributed by atoms with Crippen LogP contribution >= 0.6 is 0 Å². The van der Waals surface area contributed by atoms with Gasteiger partial charge in [0.25, 0.3) is 0 Å². The molecule has 0 aliphatic carbocycles. The van der Waals surface area contributed by atoms with Crippen LogP contribution in [0, 0.1) is 11.8 Å². The maximum Gasteiger partial charge on any atom is 0.430 e. The van der Waals surface area contributed by atoms with E-state index in [2.05, 4.69) is 31.4 Å². The number of hydroxylamine groups is 2. The van der Waals surface area contributed by atoms with Gasteiger partial charge in [0.1, 0.15) is 0 Å². The first-order valence-electron chi connectivity index (χ1n) is 14.3. The summed E-state index contributed by atoms with van der Waals surface area (Å²) < 4.78 is 18.3. The van der Waals surface area contributed by atoms with E-state index < -0.39 is 17.7 Å². The molecule has 5 unspecified atom stereocenters. The van der Waals surface area contributed by atoms with Gasteiger partial charge < -0.3 is 19.0 Å². The second-order valence-corrected chi connectivity index (χ2v) is 10.6. The molecule has 0 aromatic heterocycles. The molecule has 40 heavy (non-hydrogen) atoms. The highest BCUT2D eigenvalue weighted by atomic mass is 16.7. The molecule has 2 aromatic carbocycles. The smallest absolute Gasteiger partial charge is 0.430 e. The quantitative estimate of drug-likeness (QED) is 0.373. The summed E-state index contributed by atoms with van der Waals surface area (Å²) in [6.07, 6.45) is 0.930. The normalized spacial score (nSPS) is 26.2. The van der Waals surface area contributed by atoms with Crippen LogP contribution in [0.4, 0.5) is 21.0 Å². The average molecular weight is 556 g/mol. The van der Waals surface area contributed by atoms with Crippen molar-refractivity contribution in [3.8, 4) is 0 Å². The van der Waals surface area contributed by atoms with Gasteiger partial charge in [-0.05, 0) is 56.9 Å². The number of ether oxygens (including phenoxy) is 3. The predicted octanol–water partition coefficient (Wildman–Crippen LogP) is 6.73. The summed E-state index contributed by atoms with van der Waals surface area (Å²) in [5.41, 5.74) is 0.715. The van der Waals surface area contributed by atoms with Crippen LogP contribution in [-0.2, 0) is 19.0 Å². The van der Waals surface area contributed by atoms with E-state index in [0.29, 0.717) is 44.0 Å². The number of nitrogens with one attached hydrogen (secondary N) is 2. The molecule has 1 fully saturated rings. The molecule has 0 bridgehead atoms. The fourth-order valence-corrected chi connectivity index (χ4v) is 4.92. The van der Waals surface area contributed by atoms with Crippen molar-refractivity contribution >= 4 is 23.6 Å². The second kappa shape index (κ2) is 15.6. The lowest BCUT2D eigenvalue weighted by Gasteiger charge is -2.44. The molecular weight excluding hydrogens is 510 g/mol. The standard InChI is InChI=1S/C31H45N3O6/c1-6-24-20-38-23(4)28(7-2)34(40-30(36)33-27-17-13-10-14-18-27)31(5,8-3)22-37-19-25(24)21-39-29(35)32-26-15-11-9-12-16-26/h9-18,23-25,28H,6-8,19-22H2,1-5H3,(H,32,35)(H,33,36). The Morgan fingerprint density at radius 3 is 2.05 bits per heavy atom. The lowest BCUT2D eigenvalue weighted by atomic mass is 9.92. The van der Waals surface area contributed by atoms with E-state index in [1.165, 1.54) is 0 Å². The Labute approximate surface area is 238 Å². The van der Waals surface area contributed by atoms with Crippen molar-refractivity contribution < 1.29 is 28.6 Å². The van der Waals surface area contributed by atoms with Crippen LogP contribution in [0.5, 0.6) is 0 Å². The van der Waals surface area contributed by atoms with Crippen LogP contribution in [0.15, 0.2) is 60.7 Å². The molecule has 5 atom stereocenters. The molecule has 1 aliphatic heterocycles. The number of hydrogen-bond donors (Lipinski definition) is 2. The third-order valence-corrected chi connectivity index (χ3v) is 7.71. The Bertz CT molecular complexity index is 1040. The monoisotopic (exact) mass is 555 g/mol. The summed E-state index contributed by atoms with van der Waals surface area (Å²) in [7, 11) is 0. The maximum atomic E-state index is 13.0. The van der Waals surface area contributed by atoms with Crippen molar-refractivity contribution in [3.05, 3.63) is 60.7 Å². The molecule has 0 saturated carbocycles. The molecule has 0 spiro atoms. The largest absolute Gasteiger partial charge is 0.449 e. The van der Waals surface area contributed by atoms with E-state index in [4.69, 9.17) is 19.0 Å². The summed E-state index contributed by atoms with van der Waals surface area (Å²) in [4.78, 5) is 31.5. The summed E-state index contributed by atoms with van der Waals surface area (Å²) >= 11 is 0. The second-order valence-electron chi connectivity index (χ2n) is 10.6. The highest BCUT2D eigenvalue weighted by molar-refractivity contribution is 5.84. The van der Waals surface area contributed by atoms with Crippen LogP contribution in [0.25, 0.3) is 0 Å². The first-order valence-corrected chi connectivity index (χ1v) is 14.3. The molecular formula is C31H45N3O6. The number of carbonyl (C=O) groups excluding carboxylic acids is 2. The molecule has 2 aromatic rings. The van der Waals surface area contributed by atoms with Gasteiger partial charge >= 0.3 is 12.2 Å². The van der Waals surface area contributed by atoms with E-state index in [-0.39, 0.29) is 30.6 Å². The molecule has 1 saturated heterocycles. The number of carbonyl (C=O) groups is 2. The number of nitrogens with zero attached hydrogens (tertiary/aromatic N) is 1. The van der Waals surface area contributed by atoms with Crippen LogP contribution in [0.1, 0.15) is 53.9 Å². The molecule has 0 radical (unpaired) electrons. The fourth-order valence-electron chi connectivity index (χ4n) is 4.92. The van der Waals surface area contributed by atoms with Gasteiger partial charge in [0, 0.05) is 17.3 Å². The molecule has 3 rings (SSSR count). The van der Waals surface area contributed by atoms with Crippen molar-refractivity contribution in [1.29, 1.82) is 0 Å². The summed E-state index contributed by atoms with van der Waals surface area (Å²) in [5, 5.41) is 7.35. The highest BCUT2D eigenvalue weighted by Gasteiger charge is 2.42. The molecule has 2 N–H and O–H groups in total. The van der Waals surface area contributed by atoms with Gasteiger partial charge in [-0.3, -0.25) is 10.6 Å². The van der Waals surface area contributed by atoms with Gasteiger partial charge in [-0.1, -0.05) is 63.6 Å². The summed E-state index contributed by atoms with van der Waals surface area (Å²) in [5.74, 6) is 0.0555. The lowest BCUT2D eigenvalue weighted by Crippen LogP contribution is -2.58. The van der Waals surface area contributed by atoms with Gasteiger partial charge in [-0.25, -0.2) is 9.59 Å². The Morgan fingerprint density at radius 2 is 1.50 bits per heavy atom. The van der Waals surface area contributed by atoms with Gasteiger partial charge in [0.15, 0.2) is 0 Å². The van der Waals surface area contributed by atoms with Crippen molar-refractivity contribution in [2.75, 3.05) is 37.1 Å². The molecule has 1 heterocycles. The van der Waals surface area contributed by atoms with Crippen LogP contribution in [0.3, 0.4) is 0 Å². The van der Waals surface area contributed by atoms with E-state index in [0.717, 1.165) is 6.42 Å². The van der Waals surface area contributed by atoms with Crippen molar-refractivity contribution in [2.45, 2.75) is 71.6 Å². The molecule has 9 heteroatoms. The van der Waals surface area contributed by atoms with E-state index >= 15 is 0 Å². The Kier molecular flexibility index (Phi) is 12.2. The molecule has 2 amide bonds. The number of amides is 2. The molecule has 9 nitrogen and oxygen atoms in total. The Morgan fingerprint density at radius 1 is 0.900 bits per heavy atom. The van der Waals surface area contributed by atoms with Crippen molar-refractivity contribution in [1.82, 2.24) is 5.06 Å². The predicted molar refractivity (Wildman–Crippen MR) is 156 cm³/mol. The third-order valence-electron chi connectivity index (χ3n) is 7.71. The minimum atomic E-state index is -0.617.